The van der Waals surface area contributed by atoms with Crippen LogP contribution in [-0.2, 0) is 6.42 Å². The highest BCUT2D eigenvalue weighted by Crippen LogP contribution is 2.29. The number of rotatable bonds is 4. The van der Waals surface area contributed by atoms with Gasteiger partial charge in [-0.15, -0.1) is 0 Å². The monoisotopic (exact) mass is 274 g/mol. The van der Waals surface area contributed by atoms with Crippen molar-refractivity contribution < 1.29 is 14.3 Å². The van der Waals surface area contributed by atoms with Gasteiger partial charge in [0.25, 0.3) is 0 Å². The molecule has 0 saturated heterocycles. The van der Waals surface area contributed by atoms with E-state index < -0.39 is 11.8 Å². The van der Waals surface area contributed by atoms with Crippen LogP contribution in [0.3, 0.4) is 0 Å². The Labute approximate surface area is 116 Å². The van der Waals surface area contributed by atoms with Gasteiger partial charge in [0, 0.05) is 5.69 Å². The molecule has 5 heteroatoms. The van der Waals surface area contributed by atoms with Crippen LogP contribution >= 0.6 is 0 Å². The molecule has 0 aliphatic carbocycles. The summed E-state index contributed by atoms with van der Waals surface area (Å²) in [6, 6.07) is 10.1. The predicted octanol–water partition coefficient (Wildman–Crippen LogP) is 3.41. The third kappa shape index (κ3) is 2.56. The summed E-state index contributed by atoms with van der Waals surface area (Å²) in [5.41, 5.74) is 6.98. The maximum Gasteiger partial charge on any atom is 0.340 e. The largest absolute Gasteiger partial charge is 0.478 e. The first-order valence-electron chi connectivity index (χ1n) is 6.20. The SMILES string of the molecule is CCc1ccccc1Nc1ccc(F)c(N)c1C(=O)O. The molecule has 0 radical (unpaired) electrons. The Morgan fingerprint density at radius 1 is 1.25 bits per heavy atom. The minimum absolute atomic E-state index is 0.254. The van der Waals surface area contributed by atoms with Gasteiger partial charge in [0.2, 0.25) is 0 Å². The first-order chi connectivity index (χ1) is 9.54. The fourth-order valence-electron chi connectivity index (χ4n) is 2.02. The number of benzene rings is 2. The Balaban J connectivity index is 2.49. The van der Waals surface area contributed by atoms with E-state index in [1.165, 1.54) is 6.07 Å². The van der Waals surface area contributed by atoms with Crippen LogP contribution in [0, 0.1) is 5.82 Å². The van der Waals surface area contributed by atoms with E-state index in [0.29, 0.717) is 0 Å². The van der Waals surface area contributed by atoms with E-state index in [1.54, 1.807) is 0 Å². The van der Waals surface area contributed by atoms with E-state index in [1.807, 2.05) is 31.2 Å². The van der Waals surface area contributed by atoms with E-state index in [2.05, 4.69) is 5.32 Å². The van der Waals surface area contributed by atoms with Crippen molar-refractivity contribution in [2.45, 2.75) is 13.3 Å². The summed E-state index contributed by atoms with van der Waals surface area (Å²) >= 11 is 0. The van der Waals surface area contributed by atoms with Crippen molar-refractivity contribution in [1.82, 2.24) is 0 Å². The second-order valence-electron chi connectivity index (χ2n) is 4.32. The van der Waals surface area contributed by atoms with Crippen LogP contribution in [0.1, 0.15) is 22.8 Å². The predicted molar refractivity (Wildman–Crippen MR) is 76.9 cm³/mol. The average Bonchev–Trinajstić information content (AvgIpc) is 2.43. The number of nitrogen functional groups attached to an aromatic ring is 1. The number of aryl methyl sites for hydroxylation is 1. The van der Waals surface area contributed by atoms with E-state index in [9.17, 15) is 14.3 Å². The summed E-state index contributed by atoms with van der Waals surface area (Å²) < 4.78 is 13.4. The van der Waals surface area contributed by atoms with Gasteiger partial charge >= 0.3 is 5.97 Å². The molecule has 0 aliphatic rings. The fraction of sp³-hybridized carbons (Fsp3) is 0.133. The van der Waals surface area contributed by atoms with Crippen LogP contribution in [0.15, 0.2) is 36.4 Å². The molecule has 0 amide bonds. The number of hydrogen-bond donors (Lipinski definition) is 3. The Morgan fingerprint density at radius 2 is 1.95 bits per heavy atom. The Kier molecular flexibility index (Phi) is 3.89. The first kappa shape index (κ1) is 13.9. The zero-order valence-electron chi connectivity index (χ0n) is 11.0. The number of hydrogen-bond acceptors (Lipinski definition) is 3. The van der Waals surface area contributed by atoms with Crippen LogP contribution in [-0.4, -0.2) is 11.1 Å². The average molecular weight is 274 g/mol. The molecule has 104 valence electrons. The Morgan fingerprint density at radius 3 is 2.60 bits per heavy atom. The van der Waals surface area contributed by atoms with E-state index in [-0.39, 0.29) is 16.9 Å². The molecule has 0 spiro atoms. The maximum absolute atomic E-state index is 13.4. The van der Waals surface area contributed by atoms with Crippen LogP contribution in [0.25, 0.3) is 0 Å². The second-order valence-corrected chi connectivity index (χ2v) is 4.32. The number of halogens is 1. The van der Waals surface area contributed by atoms with E-state index in [0.717, 1.165) is 23.7 Å². The topological polar surface area (TPSA) is 75.3 Å². The van der Waals surface area contributed by atoms with Crippen LogP contribution in [0.4, 0.5) is 21.5 Å². The van der Waals surface area contributed by atoms with E-state index in [4.69, 9.17) is 5.73 Å². The van der Waals surface area contributed by atoms with Gasteiger partial charge in [0.05, 0.1) is 11.4 Å². The summed E-state index contributed by atoms with van der Waals surface area (Å²) in [6.45, 7) is 2.00. The number of aromatic carboxylic acids is 1. The van der Waals surface area contributed by atoms with Gasteiger partial charge in [-0.25, -0.2) is 9.18 Å². The second kappa shape index (κ2) is 5.61. The van der Waals surface area contributed by atoms with Gasteiger partial charge in [-0.3, -0.25) is 0 Å². The first-order valence-corrected chi connectivity index (χ1v) is 6.20. The molecule has 2 aromatic carbocycles. The molecule has 0 aromatic heterocycles. The third-order valence-electron chi connectivity index (χ3n) is 3.07. The number of carboxylic acid groups (broad SMARTS) is 1. The van der Waals surface area contributed by atoms with Crippen molar-refractivity contribution in [1.29, 1.82) is 0 Å². The van der Waals surface area contributed by atoms with Crippen LogP contribution < -0.4 is 11.1 Å². The van der Waals surface area contributed by atoms with Crippen molar-refractivity contribution in [2.24, 2.45) is 0 Å². The number of nitrogens with two attached hydrogens (primary N) is 1. The van der Waals surface area contributed by atoms with Gasteiger partial charge in [-0.1, -0.05) is 25.1 Å². The number of nitrogens with one attached hydrogen (secondary N) is 1. The lowest BCUT2D eigenvalue weighted by Gasteiger charge is -2.14. The standard InChI is InChI=1S/C15H15FN2O2/c1-2-9-5-3-4-6-11(9)18-12-8-7-10(16)14(17)13(12)15(19)20/h3-8,18H,2,17H2,1H3,(H,19,20). The molecule has 4 N–H and O–H groups in total. The molecule has 2 rings (SSSR count). The fourth-order valence-corrected chi connectivity index (χ4v) is 2.02. The van der Waals surface area contributed by atoms with Crippen molar-refractivity contribution in [3.8, 4) is 0 Å². The molecule has 0 unspecified atom stereocenters. The van der Waals surface area contributed by atoms with Crippen LogP contribution in [0.2, 0.25) is 0 Å². The molecule has 0 saturated carbocycles. The van der Waals surface area contributed by atoms with Gasteiger partial charge in [0.1, 0.15) is 11.4 Å². The lowest BCUT2D eigenvalue weighted by molar-refractivity contribution is 0.0698. The van der Waals surface area contributed by atoms with Crippen molar-refractivity contribution >= 4 is 23.0 Å². The summed E-state index contributed by atoms with van der Waals surface area (Å²) in [7, 11) is 0. The zero-order valence-corrected chi connectivity index (χ0v) is 11.0. The van der Waals surface area contributed by atoms with Crippen molar-refractivity contribution in [3.63, 3.8) is 0 Å². The highest BCUT2D eigenvalue weighted by Gasteiger charge is 2.18. The molecule has 0 heterocycles. The molecule has 20 heavy (non-hydrogen) atoms. The molecular formula is C15H15FN2O2. The Hall–Kier alpha value is -2.56. The molecule has 0 atom stereocenters. The molecule has 0 fully saturated rings. The summed E-state index contributed by atoms with van der Waals surface area (Å²) in [5, 5.41) is 12.2. The summed E-state index contributed by atoms with van der Waals surface area (Å²) in [5.74, 6) is -2.00. The number of anilines is 3. The van der Waals surface area contributed by atoms with Gasteiger partial charge in [-0.05, 0) is 30.2 Å². The van der Waals surface area contributed by atoms with E-state index >= 15 is 0 Å². The lowest BCUT2D eigenvalue weighted by Crippen LogP contribution is -2.09. The smallest absolute Gasteiger partial charge is 0.340 e. The zero-order chi connectivity index (χ0) is 14.7. The normalized spacial score (nSPS) is 10.3. The highest BCUT2D eigenvalue weighted by molar-refractivity contribution is 6.00. The van der Waals surface area contributed by atoms with Crippen molar-refractivity contribution in [3.05, 3.63) is 53.3 Å². The molecule has 0 aliphatic heterocycles. The molecule has 2 aromatic rings. The molecule has 4 nitrogen and oxygen atoms in total. The number of carboxylic acids is 1. The Bertz CT molecular complexity index is 656. The van der Waals surface area contributed by atoms with Gasteiger partial charge < -0.3 is 16.2 Å². The maximum atomic E-state index is 13.4. The van der Waals surface area contributed by atoms with Gasteiger partial charge in [0.15, 0.2) is 0 Å². The highest BCUT2D eigenvalue weighted by atomic mass is 19.1. The number of para-hydroxylation sites is 1. The third-order valence-corrected chi connectivity index (χ3v) is 3.07. The van der Waals surface area contributed by atoms with Crippen molar-refractivity contribution in [2.75, 3.05) is 11.1 Å². The lowest BCUT2D eigenvalue weighted by atomic mass is 10.1. The summed E-state index contributed by atoms with van der Waals surface area (Å²) in [4.78, 5) is 11.3. The van der Waals surface area contributed by atoms with Gasteiger partial charge in [-0.2, -0.15) is 0 Å². The number of carbonyl (C=O) groups is 1. The molecular weight excluding hydrogens is 259 g/mol. The molecule has 0 bridgehead atoms. The minimum Gasteiger partial charge on any atom is -0.478 e. The summed E-state index contributed by atoms with van der Waals surface area (Å²) in [6.07, 6.45) is 0.794. The minimum atomic E-state index is -1.27. The van der Waals surface area contributed by atoms with Crippen LogP contribution in [0.5, 0.6) is 0 Å². The quantitative estimate of drug-likeness (QED) is 0.747.